The van der Waals surface area contributed by atoms with E-state index in [0.29, 0.717) is 29.0 Å². The predicted molar refractivity (Wildman–Crippen MR) is 142 cm³/mol. The summed E-state index contributed by atoms with van der Waals surface area (Å²) in [6, 6.07) is 15.2. The number of nitrogens with zero attached hydrogens (tertiary/aromatic N) is 3. The van der Waals surface area contributed by atoms with Crippen LogP contribution in [0.5, 0.6) is 5.75 Å². The third kappa shape index (κ3) is 5.97. The first kappa shape index (κ1) is 25.1. The van der Waals surface area contributed by atoms with Crippen molar-refractivity contribution in [3.05, 3.63) is 88.1 Å². The van der Waals surface area contributed by atoms with Gasteiger partial charge in [-0.1, -0.05) is 71.5 Å². The molecular formula is C26H27BrN4O3S. The average Bonchev–Trinajstić information content (AvgIpc) is 3.26. The van der Waals surface area contributed by atoms with E-state index in [1.54, 1.807) is 22.5 Å². The van der Waals surface area contributed by atoms with Gasteiger partial charge in [0.1, 0.15) is 25.0 Å². The predicted octanol–water partition coefficient (Wildman–Crippen LogP) is 6.14. The molecule has 1 aromatic heterocycles. The Morgan fingerprint density at radius 2 is 2.09 bits per heavy atom. The van der Waals surface area contributed by atoms with Crippen LogP contribution in [0, 0.1) is 0 Å². The van der Waals surface area contributed by atoms with E-state index < -0.39 is 12.0 Å². The Hall–Kier alpha value is -3.04. The van der Waals surface area contributed by atoms with Crippen molar-refractivity contribution in [1.29, 1.82) is 0 Å². The molecular weight excluding hydrogens is 528 g/mol. The fourth-order valence-corrected chi connectivity index (χ4v) is 4.84. The van der Waals surface area contributed by atoms with E-state index in [1.807, 2.05) is 55.5 Å². The second-order valence-corrected chi connectivity index (χ2v) is 9.93. The molecule has 0 saturated carbocycles. The van der Waals surface area contributed by atoms with Crippen molar-refractivity contribution in [2.45, 2.75) is 38.1 Å². The summed E-state index contributed by atoms with van der Waals surface area (Å²) in [6.45, 7) is 8.19. The van der Waals surface area contributed by atoms with Gasteiger partial charge in [-0.3, -0.25) is 0 Å². The Kier molecular flexibility index (Phi) is 8.30. The number of carbonyl (C=O) groups excluding carboxylic acids is 1. The molecule has 9 heteroatoms. The van der Waals surface area contributed by atoms with E-state index in [4.69, 9.17) is 14.6 Å². The number of rotatable bonds is 10. The molecule has 0 spiro atoms. The van der Waals surface area contributed by atoms with E-state index in [9.17, 15) is 4.79 Å². The molecule has 3 aromatic rings. The third-order valence-electron chi connectivity index (χ3n) is 5.31. The maximum absolute atomic E-state index is 13.0. The van der Waals surface area contributed by atoms with Crippen molar-refractivity contribution in [1.82, 2.24) is 14.8 Å². The molecule has 0 fully saturated rings. The van der Waals surface area contributed by atoms with E-state index >= 15 is 0 Å². The van der Waals surface area contributed by atoms with Crippen LogP contribution in [0.15, 0.2) is 82.1 Å². The number of hydrogen-bond acceptors (Lipinski definition) is 7. The lowest BCUT2D eigenvalue weighted by atomic mass is 9.96. The first-order valence-electron chi connectivity index (χ1n) is 11.3. The number of carbonyl (C=O) groups is 1. The average molecular weight is 555 g/mol. The Bertz CT molecular complexity index is 1240. The third-order valence-corrected chi connectivity index (χ3v) is 6.85. The summed E-state index contributed by atoms with van der Waals surface area (Å²) in [5, 5.41) is 8.60. The van der Waals surface area contributed by atoms with Crippen LogP contribution in [0.3, 0.4) is 0 Å². The summed E-state index contributed by atoms with van der Waals surface area (Å²) in [7, 11) is 0. The Morgan fingerprint density at radius 3 is 2.80 bits per heavy atom. The number of halogens is 1. The smallest absolute Gasteiger partial charge is 0.338 e. The molecule has 0 amide bonds. The second kappa shape index (κ2) is 11.6. The Morgan fingerprint density at radius 1 is 1.29 bits per heavy atom. The zero-order valence-electron chi connectivity index (χ0n) is 19.7. The maximum atomic E-state index is 13.0. The molecule has 0 radical (unpaired) electrons. The van der Waals surface area contributed by atoms with Crippen molar-refractivity contribution >= 4 is 39.6 Å². The van der Waals surface area contributed by atoms with E-state index in [2.05, 4.69) is 39.7 Å². The van der Waals surface area contributed by atoms with Crippen molar-refractivity contribution < 1.29 is 14.3 Å². The van der Waals surface area contributed by atoms with Gasteiger partial charge in [-0.2, -0.15) is 4.98 Å². The fraction of sp³-hybridized carbons (Fsp3) is 0.269. The lowest BCUT2D eigenvalue weighted by molar-refractivity contribution is -0.138. The van der Waals surface area contributed by atoms with Gasteiger partial charge in [0.05, 0.1) is 5.57 Å². The summed E-state index contributed by atoms with van der Waals surface area (Å²) in [6.07, 6.45) is 2.57. The number of benzene rings is 2. The number of anilines is 1. The monoisotopic (exact) mass is 554 g/mol. The van der Waals surface area contributed by atoms with Crippen LogP contribution in [-0.4, -0.2) is 33.1 Å². The standard InChI is InChI=1S/C26H27BrN4O3S/c1-4-13-33-24(32)22-17(3)28-25-29-26(35-14-5-2)30-31(25)23(22)19-9-11-21(12-10-19)34-16-18-7-6-8-20(27)15-18/h4,6-12,15,23H,1,5,13-14,16H2,2-3H3,(H,28,29,30). The maximum Gasteiger partial charge on any atom is 0.338 e. The zero-order chi connectivity index (χ0) is 24.8. The normalized spacial score (nSPS) is 14.8. The molecule has 4 rings (SSSR count). The number of nitrogens with one attached hydrogen (secondary N) is 1. The van der Waals surface area contributed by atoms with Gasteiger partial charge >= 0.3 is 5.97 Å². The SMILES string of the molecule is C=CCOC(=O)C1=C(C)Nc2nc(SCCC)nn2C1c1ccc(OCc2cccc(Br)c2)cc1. The first-order valence-corrected chi connectivity index (χ1v) is 13.1. The lowest BCUT2D eigenvalue weighted by Gasteiger charge is -2.28. The van der Waals surface area contributed by atoms with Crippen LogP contribution in [0.25, 0.3) is 0 Å². The number of thioether (sulfide) groups is 1. The highest BCUT2D eigenvalue weighted by molar-refractivity contribution is 9.10. The van der Waals surface area contributed by atoms with E-state index in [-0.39, 0.29) is 6.61 Å². The number of ether oxygens (including phenoxy) is 2. The number of esters is 1. The summed E-state index contributed by atoms with van der Waals surface area (Å²) < 4.78 is 14.1. The van der Waals surface area contributed by atoms with Gasteiger partial charge in [0.25, 0.3) is 0 Å². The van der Waals surface area contributed by atoms with Crippen LogP contribution < -0.4 is 10.1 Å². The second-order valence-electron chi connectivity index (χ2n) is 7.95. The van der Waals surface area contributed by atoms with Crippen LogP contribution in [-0.2, 0) is 16.1 Å². The summed E-state index contributed by atoms with van der Waals surface area (Å²) in [5.74, 6) is 1.83. The first-order chi connectivity index (χ1) is 17.0. The molecule has 35 heavy (non-hydrogen) atoms. The molecule has 0 aliphatic carbocycles. The van der Waals surface area contributed by atoms with Gasteiger partial charge < -0.3 is 14.8 Å². The molecule has 1 unspecified atom stereocenters. The van der Waals surface area contributed by atoms with E-state index in [0.717, 1.165) is 33.5 Å². The van der Waals surface area contributed by atoms with Crippen LogP contribution in [0.2, 0.25) is 0 Å². The molecule has 182 valence electrons. The van der Waals surface area contributed by atoms with Crippen LogP contribution in [0.1, 0.15) is 37.4 Å². The number of allylic oxidation sites excluding steroid dienone is 1. The fourth-order valence-electron chi connectivity index (χ4n) is 3.71. The molecule has 1 atom stereocenters. The molecule has 1 aliphatic rings. The highest BCUT2D eigenvalue weighted by atomic mass is 79.9. The van der Waals surface area contributed by atoms with Crippen molar-refractivity contribution in [3.8, 4) is 5.75 Å². The van der Waals surface area contributed by atoms with E-state index in [1.165, 1.54) is 0 Å². The Balaban J connectivity index is 1.62. The van der Waals surface area contributed by atoms with Gasteiger partial charge in [0, 0.05) is 15.9 Å². The molecule has 1 N–H and O–H groups in total. The highest BCUT2D eigenvalue weighted by Gasteiger charge is 2.35. The summed E-state index contributed by atoms with van der Waals surface area (Å²) in [5.41, 5.74) is 3.12. The topological polar surface area (TPSA) is 78.3 Å². The molecule has 0 bridgehead atoms. The van der Waals surface area contributed by atoms with Crippen molar-refractivity contribution in [2.75, 3.05) is 17.7 Å². The Labute approximate surface area is 217 Å². The quantitative estimate of drug-likeness (QED) is 0.183. The zero-order valence-corrected chi connectivity index (χ0v) is 22.1. The molecule has 2 heterocycles. The summed E-state index contributed by atoms with van der Waals surface area (Å²) >= 11 is 5.07. The minimum atomic E-state index is -0.480. The van der Waals surface area contributed by atoms with Gasteiger partial charge in [-0.05, 0) is 48.7 Å². The number of aromatic nitrogens is 3. The van der Waals surface area contributed by atoms with Gasteiger partial charge in [-0.25, -0.2) is 9.48 Å². The summed E-state index contributed by atoms with van der Waals surface area (Å²) in [4.78, 5) is 17.7. The minimum absolute atomic E-state index is 0.131. The van der Waals surface area contributed by atoms with Gasteiger partial charge in [-0.15, -0.1) is 5.10 Å². The van der Waals surface area contributed by atoms with Crippen LogP contribution >= 0.6 is 27.7 Å². The minimum Gasteiger partial charge on any atom is -0.489 e. The number of hydrogen-bond donors (Lipinski definition) is 1. The molecule has 7 nitrogen and oxygen atoms in total. The molecule has 2 aromatic carbocycles. The van der Waals surface area contributed by atoms with Gasteiger partial charge in [0.15, 0.2) is 0 Å². The van der Waals surface area contributed by atoms with Crippen LogP contribution in [0.4, 0.5) is 5.95 Å². The number of fused-ring (bicyclic) bond motifs is 1. The lowest BCUT2D eigenvalue weighted by Crippen LogP contribution is -2.29. The van der Waals surface area contributed by atoms with Crippen molar-refractivity contribution in [2.24, 2.45) is 0 Å². The van der Waals surface area contributed by atoms with Gasteiger partial charge in [0.2, 0.25) is 11.1 Å². The molecule has 1 aliphatic heterocycles. The molecule has 0 saturated heterocycles. The largest absolute Gasteiger partial charge is 0.489 e. The highest BCUT2D eigenvalue weighted by Crippen LogP contribution is 2.37. The van der Waals surface area contributed by atoms with Crippen molar-refractivity contribution in [3.63, 3.8) is 0 Å².